The molecule has 1 heterocycles. The Hall–Kier alpha value is -0.720. The minimum absolute atomic E-state index is 0. The van der Waals surface area contributed by atoms with Crippen LogP contribution in [-0.2, 0) is 9.59 Å². The maximum atomic E-state index is 12.1. The van der Waals surface area contributed by atoms with Crippen LogP contribution in [0.5, 0.6) is 0 Å². The summed E-state index contributed by atoms with van der Waals surface area (Å²) in [6.45, 7) is 1.32. The number of aliphatic carboxylic acids is 1. The van der Waals surface area contributed by atoms with Gasteiger partial charge in [0.25, 0.3) is 0 Å². The first-order valence-corrected chi connectivity index (χ1v) is 7.89. The zero-order valence-electron chi connectivity index (χ0n) is 12.0. The minimum atomic E-state index is -0.774. The second kappa shape index (κ2) is 8.94. The van der Waals surface area contributed by atoms with Crippen molar-refractivity contribution in [3.05, 3.63) is 27.2 Å². The third-order valence-electron chi connectivity index (χ3n) is 3.58. The standard InChI is InChI=1S/C14H15Cl3N2O3.ClH/c15-9-5-10(16)13(11(17)6-9)18-12(20)7-19-3-1-8(2-4-19)14(21)22;/h5-6,8H,1-4,7H2,(H,18,20)(H,21,22);1H. The first kappa shape index (κ1) is 20.3. The van der Waals surface area contributed by atoms with Crippen molar-refractivity contribution in [2.45, 2.75) is 12.8 Å². The number of nitrogens with one attached hydrogen (secondary N) is 1. The molecule has 0 saturated carbocycles. The molecule has 1 fully saturated rings. The van der Waals surface area contributed by atoms with Gasteiger partial charge in [-0.15, -0.1) is 12.4 Å². The predicted molar refractivity (Wildman–Crippen MR) is 94.1 cm³/mol. The molecule has 0 spiro atoms. The highest BCUT2D eigenvalue weighted by molar-refractivity contribution is 6.42. The smallest absolute Gasteiger partial charge is 0.306 e. The number of likely N-dealkylation sites (tertiary alicyclic amines) is 1. The number of carboxylic acid groups (broad SMARTS) is 1. The van der Waals surface area contributed by atoms with E-state index in [1.54, 1.807) is 0 Å². The Morgan fingerprint density at radius 3 is 2.17 bits per heavy atom. The maximum Gasteiger partial charge on any atom is 0.306 e. The molecule has 2 N–H and O–H groups in total. The maximum absolute atomic E-state index is 12.1. The lowest BCUT2D eigenvalue weighted by Gasteiger charge is -2.29. The number of nitrogens with zero attached hydrogens (tertiary/aromatic N) is 1. The largest absolute Gasteiger partial charge is 0.481 e. The molecule has 1 aliphatic heterocycles. The topological polar surface area (TPSA) is 69.6 Å². The highest BCUT2D eigenvalue weighted by Crippen LogP contribution is 2.33. The molecule has 0 atom stereocenters. The van der Waals surface area contributed by atoms with E-state index in [1.165, 1.54) is 12.1 Å². The molecule has 9 heteroatoms. The number of carboxylic acids is 1. The third kappa shape index (κ3) is 5.69. The Labute approximate surface area is 155 Å². The zero-order valence-corrected chi connectivity index (χ0v) is 15.1. The Kier molecular flexibility index (Phi) is 7.90. The highest BCUT2D eigenvalue weighted by Gasteiger charge is 2.25. The first-order chi connectivity index (χ1) is 10.4. The van der Waals surface area contributed by atoms with Gasteiger partial charge in [-0.05, 0) is 38.1 Å². The van der Waals surface area contributed by atoms with Crippen molar-refractivity contribution in [2.24, 2.45) is 5.92 Å². The summed E-state index contributed by atoms with van der Waals surface area (Å²) in [6.07, 6.45) is 1.09. The van der Waals surface area contributed by atoms with Crippen molar-refractivity contribution in [2.75, 3.05) is 25.0 Å². The van der Waals surface area contributed by atoms with Crippen molar-refractivity contribution in [3.8, 4) is 0 Å². The van der Waals surface area contributed by atoms with E-state index in [1.807, 2.05) is 4.90 Å². The summed E-state index contributed by atoms with van der Waals surface area (Å²) in [5.41, 5.74) is 0.332. The number of carbonyl (C=O) groups excluding carboxylic acids is 1. The molecule has 1 aromatic carbocycles. The third-order valence-corrected chi connectivity index (χ3v) is 4.39. The van der Waals surface area contributed by atoms with Crippen LogP contribution in [0.4, 0.5) is 5.69 Å². The van der Waals surface area contributed by atoms with Gasteiger partial charge < -0.3 is 10.4 Å². The number of hydrogen-bond acceptors (Lipinski definition) is 3. The fourth-order valence-electron chi connectivity index (χ4n) is 2.38. The molecule has 1 saturated heterocycles. The summed E-state index contributed by atoms with van der Waals surface area (Å²) in [4.78, 5) is 24.9. The molecule has 0 bridgehead atoms. The molecular formula is C14H16Cl4N2O3. The first-order valence-electron chi connectivity index (χ1n) is 6.76. The molecule has 5 nitrogen and oxygen atoms in total. The minimum Gasteiger partial charge on any atom is -0.481 e. The van der Waals surface area contributed by atoms with Crippen molar-refractivity contribution >= 4 is 64.8 Å². The van der Waals surface area contributed by atoms with Crippen LogP contribution in [0.15, 0.2) is 12.1 Å². The van der Waals surface area contributed by atoms with Crippen LogP contribution in [0, 0.1) is 5.92 Å². The molecule has 23 heavy (non-hydrogen) atoms. The van der Waals surface area contributed by atoms with Gasteiger partial charge in [-0.3, -0.25) is 14.5 Å². The number of carbonyl (C=O) groups is 2. The van der Waals surface area contributed by atoms with E-state index < -0.39 is 5.97 Å². The van der Waals surface area contributed by atoms with Gasteiger partial charge in [-0.25, -0.2) is 0 Å². The van der Waals surface area contributed by atoms with Crippen LogP contribution in [-0.4, -0.2) is 41.5 Å². The Bertz CT molecular complexity index is 566. The van der Waals surface area contributed by atoms with Gasteiger partial charge in [-0.1, -0.05) is 34.8 Å². The van der Waals surface area contributed by atoms with E-state index in [9.17, 15) is 9.59 Å². The van der Waals surface area contributed by atoms with Crippen molar-refractivity contribution in [1.82, 2.24) is 4.90 Å². The Morgan fingerprint density at radius 1 is 1.17 bits per heavy atom. The second-order valence-electron chi connectivity index (χ2n) is 5.18. The molecule has 1 aliphatic rings. The predicted octanol–water partition coefficient (Wildman–Crippen LogP) is 3.80. The summed E-state index contributed by atoms with van der Waals surface area (Å²) < 4.78 is 0. The van der Waals surface area contributed by atoms with Crippen molar-refractivity contribution in [1.29, 1.82) is 0 Å². The second-order valence-corrected chi connectivity index (χ2v) is 6.43. The number of benzene rings is 1. The van der Waals surface area contributed by atoms with E-state index in [-0.39, 0.29) is 40.8 Å². The van der Waals surface area contributed by atoms with Crippen LogP contribution in [0.2, 0.25) is 15.1 Å². The lowest BCUT2D eigenvalue weighted by molar-refractivity contribution is -0.143. The number of rotatable bonds is 4. The van der Waals surface area contributed by atoms with Gasteiger partial charge in [-0.2, -0.15) is 0 Å². The van der Waals surface area contributed by atoms with Crippen molar-refractivity contribution < 1.29 is 14.7 Å². The van der Waals surface area contributed by atoms with Gasteiger partial charge >= 0.3 is 5.97 Å². The molecule has 0 radical (unpaired) electrons. The van der Waals surface area contributed by atoms with Crippen LogP contribution >= 0.6 is 47.2 Å². The Balaban J connectivity index is 0.00000264. The molecule has 1 aromatic rings. The SMILES string of the molecule is Cl.O=C(CN1CCC(C(=O)O)CC1)Nc1c(Cl)cc(Cl)cc1Cl. The van der Waals surface area contributed by atoms with Crippen LogP contribution in [0.1, 0.15) is 12.8 Å². The summed E-state index contributed by atoms with van der Waals surface area (Å²) in [5, 5.41) is 12.6. The number of hydrogen-bond donors (Lipinski definition) is 2. The van der Waals surface area contributed by atoms with Crippen LogP contribution in [0.25, 0.3) is 0 Å². The van der Waals surface area contributed by atoms with E-state index in [0.717, 1.165) is 0 Å². The number of piperidine rings is 1. The van der Waals surface area contributed by atoms with Gasteiger partial charge in [0.1, 0.15) is 0 Å². The molecular weight excluding hydrogens is 386 g/mol. The quantitative estimate of drug-likeness (QED) is 0.804. The van der Waals surface area contributed by atoms with Gasteiger partial charge in [0.2, 0.25) is 5.91 Å². The van der Waals surface area contributed by atoms with E-state index in [0.29, 0.717) is 36.6 Å². The monoisotopic (exact) mass is 400 g/mol. The van der Waals surface area contributed by atoms with E-state index in [4.69, 9.17) is 39.9 Å². The van der Waals surface area contributed by atoms with Gasteiger partial charge in [0, 0.05) is 5.02 Å². The average Bonchev–Trinajstić information content (AvgIpc) is 2.43. The summed E-state index contributed by atoms with van der Waals surface area (Å²) in [5.74, 6) is -1.34. The molecule has 0 unspecified atom stereocenters. The average molecular weight is 402 g/mol. The van der Waals surface area contributed by atoms with E-state index in [2.05, 4.69) is 5.32 Å². The summed E-state index contributed by atoms with van der Waals surface area (Å²) in [6, 6.07) is 3.01. The Morgan fingerprint density at radius 2 is 1.70 bits per heavy atom. The highest BCUT2D eigenvalue weighted by atomic mass is 35.5. The fraction of sp³-hybridized carbons (Fsp3) is 0.429. The van der Waals surface area contributed by atoms with Crippen molar-refractivity contribution in [3.63, 3.8) is 0 Å². The summed E-state index contributed by atoms with van der Waals surface area (Å²) in [7, 11) is 0. The number of anilines is 1. The van der Waals surface area contributed by atoms with Gasteiger partial charge in [0.05, 0.1) is 28.2 Å². The molecule has 2 rings (SSSR count). The molecule has 128 valence electrons. The molecule has 1 amide bonds. The van der Waals surface area contributed by atoms with Crippen LogP contribution < -0.4 is 5.32 Å². The molecule has 0 aromatic heterocycles. The lowest BCUT2D eigenvalue weighted by atomic mass is 9.97. The molecule has 0 aliphatic carbocycles. The van der Waals surface area contributed by atoms with E-state index >= 15 is 0 Å². The van der Waals surface area contributed by atoms with Gasteiger partial charge in [0.15, 0.2) is 0 Å². The number of amides is 1. The zero-order chi connectivity index (χ0) is 16.3. The lowest BCUT2D eigenvalue weighted by Crippen LogP contribution is -2.40. The van der Waals surface area contributed by atoms with Crippen LogP contribution in [0.3, 0.4) is 0 Å². The number of halogens is 4. The summed E-state index contributed by atoms with van der Waals surface area (Å²) >= 11 is 17.8. The fourth-order valence-corrected chi connectivity index (χ4v) is 3.29. The normalized spacial score (nSPS) is 15.8.